The van der Waals surface area contributed by atoms with Crippen LogP contribution in [-0.2, 0) is 14.3 Å². The summed E-state index contributed by atoms with van der Waals surface area (Å²) in [5, 5.41) is 11.8. The summed E-state index contributed by atoms with van der Waals surface area (Å²) in [5.74, 6) is 1.36. The number of ether oxygens (including phenoxy) is 1. The van der Waals surface area contributed by atoms with Gasteiger partial charge in [-0.2, -0.15) is 0 Å². The minimum atomic E-state index is -0.103. The molecular formula is C17H33NO4. The highest BCUT2D eigenvalue weighted by Gasteiger charge is 2.29. The number of aliphatic hydroxyl groups is 1. The van der Waals surface area contributed by atoms with Crippen LogP contribution in [0, 0.1) is 11.8 Å². The minimum absolute atomic E-state index is 0.0804. The fourth-order valence-corrected chi connectivity index (χ4v) is 2.32. The van der Waals surface area contributed by atoms with Crippen molar-refractivity contribution >= 4 is 11.6 Å². The molecule has 5 heteroatoms. The van der Waals surface area contributed by atoms with Crippen molar-refractivity contribution in [2.75, 3.05) is 26.9 Å². The van der Waals surface area contributed by atoms with Crippen LogP contribution in [0.2, 0.25) is 0 Å². The highest BCUT2D eigenvalue weighted by Crippen LogP contribution is 2.20. The average Bonchev–Trinajstić information content (AvgIpc) is 2.87. The summed E-state index contributed by atoms with van der Waals surface area (Å²) in [4.78, 5) is 23.2. The molecule has 0 aromatic rings. The zero-order valence-corrected chi connectivity index (χ0v) is 14.6. The lowest BCUT2D eigenvalue weighted by molar-refractivity contribution is -0.122. The molecule has 0 radical (unpaired) electrons. The molecule has 130 valence electrons. The second-order valence-electron chi connectivity index (χ2n) is 6.57. The molecule has 1 aliphatic rings. The van der Waals surface area contributed by atoms with Crippen molar-refractivity contribution in [1.29, 1.82) is 0 Å². The van der Waals surface area contributed by atoms with Crippen LogP contribution in [-0.4, -0.2) is 49.6 Å². The average molecular weight is 315 g/mol. The smallest absolute Gasteiger partial charge is 0.149 e. The molecule has 0 aliphatic carbocycles. The number of aliphatic hydroxyl groups excluding tert-OH is 1. The molecule has 22 heavy (non-hydrogen) atoms. The van der Waals surface area contributed by atoms with Gasteiger partial charge < -0.3 is 15.2 Å². The zero-order chi connectivity index (χ0) is 17.0. The summed E-state index contributed by atoms with van der Waals surface area (Å²) < 4.78 is 4.91. The Hall–Kier alpha value is -0.780. The van der Waals surface area contributed by atoms with Crippen LogP contribution in [0.25, 0.3) is 0 Å². The van der Waals surface area contributed by atoms with Crippen LogP contribution in [0.15, 0.2) is 0 Å². The predicted molar refractivity (Wildman–Crippen MR) is 87.9 cm³/mol. The number of hydrogen-bond acceptors (Lipinski definition) is 5. The van der Waals surface area contributed by atoms with Crippen LogP contribution in [0.3, 0.4) is 0 Å². The second kappa shape index (κ2) is 12.7. The van der Waals surface area contributed by atoms with Crippen molar-refractivity contribution in [3.63, 3.8) is 0 Å². The summed E-state index contributed by atoms with van der Waals surface area (Å²) in [6, 6.07) is -0.103. The van der Waals surface area contributed by atoms with Gasteiger partial charge in [-0.25, -0.2) is 0 Å². The Labute approximate surface area is 134 Å². The Morgan fingerprint density at radius 2 is 1.91 bits per heavy atom. The van der Waals surface area contributed by atoms with Gasteiger partial charge in [0.2, 0.25) is 0 Å². The molecule has 1 fully saturated rings. The molecule has 1 rings (SSSR count). The summed E-state index contributed by atoms with van der Waals surface area (Å²) in [5.41, 5.74) is 0. The predicted octanol–water partition coefficient (Wildman–Crippen LogP) is 1.96. The summed E-state index contributed by atoms with van der Waals surface area (Å²) in [7, 11) is 1.63. The zero-order valence-electron chi connectivity index (χ0n) is 14.6. The van der Waals surface area contributed by atoms with Gasteiger partial charge >= 0.3 is 0 Å². The van der Waals surface area contributed by atoms with Gasteiger partial charge in [0.15, 0.2) is 0 Å². The van der Waals surface area contributed by atoms with Gasteiger partial charge in [-0.05, 0) is 31.2 Å². The second-order valence-corrected chi connectivity index (χ2v) is 6.57. The number of methoxy groups -OCH3 is 1. The SMILES string of the molecule is CC(C)C.COCCCC(=O)C1C[C@@H](CC(=O)CCO)CN1. The van der Waals surface area contributed by atoms with E-state index in [1.165, 1.54) is 0 Å². The van der Waals surface area contributed by atoms with Crippen molar-refractivity contribution in [2.45, 2.75) is 58.9 Å². The Bertz CT molecular complexity index is 315. The van der Waals surface area contributed by atoms with Crippen molar-refractivity contribution in [3.8, 4) is 0 Å². The summed E-state index contributed by atoms with van der Waals surface area (Å²) in [6.07, 6.45) is 2.71. The number of Topliss-reactive ketones (excluding diaryl/α,β-unsaturated/α-hetero) is 2. The highest BCUT2D eigenvalue weighted by atomic mass is 16.5. The lowest BCUT2D eigenvalue weighted by Crippen LogP contribution is -2.30. The van der Waals surface area contributed by atoms with E-state index in [1.54, 1.807) is 7.11 Å². The van der Waals surface area contributed by atoms with Gasteiger partial charge in [0.1, 0.15) is 11.6 Å². The topological polar surface area (TPSA) is 75.6 Å². The monoisotopic (exact) mass is 315 g/mol. The first-order chi connectivity index (χ1) is 10.4. The van der Waals surface area contributed by atoms with Crippen molar-refractivity contribution < 1.29 is 19.4 Å². The van der Waals surface area contributed by atoms with E-state index >= 15 is 0 Å². The van der Waals surface area contributed by atoms with Crippen LogP contribution < -0.4 is 5.32 Å². The molecule has 2 N–H and O–H groups in total. The van der Waals surface area contributed by atoms with E-state index in [0.717, 1.165) is 25.3 Å². The fourth-order valence-electron chi connectivity index (χ4n) is 2.32. The Morgan fingerprint density at radius 3 is 2.45 bits per heavy atom. The van der Waals surface area contributed by atoms with E-state index in [4.69, 9.17) is 9.84 Å². The third kappa shape index (κ3) is 10.9. The molecule has 0 spiro atoms. The molecule has 1 unspecified atom stereocenters. The van der Waals surface area contributed by atoms with E-state index in [9.17, 15) is 9.59 Å². The molecule has 0 aromatic carbocycles. The van der Waals surface area contributed by atoms with Gasteiger partial charge in [0, 0.05) is 39.6 Å². The quantitative estimate of drug-likeness (QED) is 0.636. The molecule has 1 saturated heterocycles. The van der Waals surface area contributed by atoms with E-state index in [1.807, 2.05) is 0 Å². The molecule has 2 atom stereocenters. The van der Waals surface area contributed by atoms with E-state index < -0.39 is 0 Å². The standard InChI is InChI=1S/C13H23NO4.C4H10/c1-18-6-2-3-13(17)12-8-10(9-14-12)7-11(16)4-5-15;1-4(2)3/h10,12,14-15H,2-9H2,1H3;4H,1-3H3/t10-,12?;/m1./s1. The maximum Gasteiger partial charge on any atom is 0.149 e. The third-order valence-corrected chi connectivity index (χ3v) is 3.29. The van der Waals surface area contributed by atoms with Crippen molar-refractivity contribution in [1.82, 2.24) is 5.32 Å². The van der Waals surface area contributed by atoms with Gasteiger partial charge in [0.25, 0.3) is 0 Å². The maximum atomic E-state index is 11.8. The maximum absolute atomic E-state index is 11.8. The molecule has 0 amide bonds. The number of carbonyl (C=O) groups is 2. The Morgan fingerprint density at radius 1 is 1.27 bits per heavy atom. The Kier molecular flexibility index (Phi) is 12.3. The molecule has 0 aromatic heterocycles. The van der Waals surface area contributed by atoms with Crippen LogP contribution in [0.4, 0.5) is 0 Å². The van der Waals surface area contributed by atoms with Crippen LogP contribution in [0.1, 0.15) is 52.9 Å². The highest BCUT2D eigenvalue weighted by molar-refractivity contribution is 5.84. The molecule has 0 bridgehead atoms. The van der Waals surface area contributed by atoms with Crippen molar-refractivity contribution in [2.24, 2.45) is 11.8 Å². The molecule has 1 aliphatic heterocycles. The van der Waals surface area contributed by atoms with Crippen molar-refractivity contribution in [3.05, 3.63) is 0 Å². The summed E-state index contributed by atoms with van der Waals surface area (Å²) >= 11 is 0. The van der Waals surface area contributed by atoms with Gasteiger partial charge in [0.05, 0.1) is 6.04 Å². The van der Waals surface area contributed by atoms with Crippen LogP contribution in [0.5, 0.6) is 0 Å². The first-order valence-electron chi connectivity index (χ1n) is 8.28. The summed E-state index contributed by atoms with van der Waals surface area (Å²) in [6.45, 7) is 7.74. The number of rotatable bonds is 9. The van der Waals surface area contributed by atoms with E-state index in [-0.39, 0.29) is 36.6 Å². The number of ketones is 2. The minimum Gasteiger partial charge on any atom is -0.396 e. The first kappa shape index (κ1) is 21.2. The molecular weight excluding hydrogens is 282 g/mol. The molecule has 1 heterocycles. The largest absolute Gasteiger partial charge is 0.396 e. The lowest BCUT2D eigenvalue weighted by Gasteiger charge is -2.09. The van der Waals surface area contributed by atoms with Gasteiger partial charge in [-0.15, -0.1) is 0 Å². The lowest BCUT2D eigenvalue weighted by atomic mass is 9.96. The van der Waals surface area contributed by atoms with E-state index in [0.29, 0.717) is 19.4 Å². The molecule has 5 nitrogen and oxygen atoms in total. The fraction of sp³-hybridized carbons (Fsp3) is 0.882. The number of hydrogen-bond donors (Lipinski definition) is 2. The van der Waals surface area contributed by atoms with Crippen LogP contribution >= 0.6 is 0 Å². The van der Waals surface area contributed by atoms with Gasteiger partial charge in [-0.1, -0.05) is 20.8 Å². The Balaban J connectivity index is 0.000000980. The number of carbonyl (C=O) groups excluding carboxylic acids is 2. The van der Waals surface area contributed by atoms with Gasteiger partial charge in [-0.3, -0.25) is 9.59 Å². The normalized spacial score (nSPS) is 20.6. The first-order valence-corrected chi connectivity index (χ1v) is 8.28. The van der Waals surface area contributed by atoms with E-state index in [2.05, 4.69) is 26.1 Å². The molecule has 0 saturated carbocycles. The third-order valence-electron chi connectivity index (χ3n) is 3.29. The number of nitrogens with one attached hydrogen (secondary N) is 1.